The lowest BCUT2D eigenvalue weighted by molar-refractivity contribution is -0.140. The van der Waals surface area contributed by atoms with Gasteiger partial charge in [0.1, 0.15) is 24.3 Å². The fourth-order valence-electron chi connectivity index (χ4n) is 8.71. The first-order valence-corrected chi connectivity index (χ1v) is 22.2. The molecule has 1 unspecified atom stereocenters. The summed E-state index contributed by atoms with van der Waals surface area (Å²) in [4.78, 5) is 79.2. The van der Waals surface area contributed by atoms with Crippen LogP contribution in [0.5, 0.6) is 0 Å². The van der Waals surface area contributed by atoms with Crippen LogP contribution in [0.4, 0.5) is 9.59 Å². The van der Waals surface area contributed by atoms with Crippen molar-refractivity contribution in [2.45, 2.75) is 89.0 Å². The molecule has 0 radical (unpaired) electrons. The molecule has 0 saturated carbocycles. The number of hydrogen-bond donors (Lipinski definition) is 2. The summed E-state index contributed by atoms with van der Waals surface area (Å²) in [5, 5.41) is 2.93. The lowest BCUT2D eigenvalue weighted by atomic mass is 9.85. The Balaban J connectivity index is 1.21. The zero-order valence-electron chi connectivity index (χ0n) is 35.6. The van der Waals surface area contributed by atoms with Crippen molar-refractivity contribution in [2.24, 2.45) is 17.6 Å². The maximum atomic E-state index is 15.4. The summed E-state index contributed by atoms with van der Waals surface area (Å²) in [6, 6.07) is 33.5. The average Bonchev–Trinajstić information content (AvgIpc) is 3.96. The molecule has 13 heteroatoms. The second-order valence-electron chi connectivity index (χ2n) is 16.6. The number of rotatable bonds is 19. The van der Waals surface area contributed by atoms with Gasteiger partial charge in [0.05, 0.1) is 12.6 Å². The van der Waals surface area contributed by atoms with Crippen LogP contribution < -0.4 is 11.1 Å². The van der Waals surface area contributed by atoms with Gasteiger partial charge >= 0.3 is 12.2 Å². The number of unbranched alkanes of at least 4 members (excludes halogenated alkanes) is 1. The Morgan fingerprint density at radius 1 is 0.778 bits per heavy atom. The van der Waals surface area contributed by atoms with Crippen molar-refractivity contribution in [1.82, 2.24) is 20.1 Å². The van der Waals surface area contributed by atoms with Crippen molar-refractivity contribution >= 4 is 40.8 Å². The fourth-order valence-corrected chi connectivity index (χ4v) is 8.71. The molecule has 0 spiro atoms. The van der Waals surface area contributed by atoms with Crippen LogP contribution in [0, 0.1) is 11.8 Å². The summed E-state index contributed by atoms with van der Waals surface area (Å²) in [7, 11) is 0. The van der Waals surface area contributed by atoms with E-state index < -0.39 is 53.9 Å². The molecule has 0 bridgehead atoms. The lowest BCUT2D eigenvalue weighted by Gasteiger charge is -2.33. The van der Waals surface area contributed by atoms with Gasteiger partial charge in [0.25, 0.3) is 5.89 Å². The topological polar surface area (TPSA) is 174 Å². The van der Waals surface area contributed by atoms with Crippen molar-refractivity contribution in [3.05, 3.63) is 138 Å². The van der Waals surface area contributed by atoms with Crippen molar-refractivity contribution in [3.63, 3.8) is 0 Å². The van der Waals surface area contributed by atoms with E-state index in [1.54, 1.807) is 29.2 Å². The molecule has 3 heterocycles. The molecule has 2 fully saturated rings. The minimum Gasteiger partial charge on any atom is -0.445 e. The number of para-hydroxylation sites is 2. The highest BCUT2D eigenvalue weighted by molar-refractivity contribution is 6.00. The largest absolute Gasteiger partial charge is 0.445 e. The highest BCUT2D eigenvalue weighted by Gasteiger charge is 2.46. The molecule has 330 valence electrons. The van der Waals surface area contributed by atoms with Gasteiger partial charge in [-0.3, -0.25) is 14.4 Å². The molecule has 5 aromatic rings. The summed E-state index contributed by atoms with van der Waals surface area (Å²) in [6.45, 7) is 1.45. The predicted molar refractivity (Wildman–Crippen MR) is 238 cm³/mol. The van der Waals surface area contributed by atoms with Crippen LogP contribution in [0.25, 0.3) is 11.1 Å². The third-order valence-corrected chi connectivity index (χ3v) is 12.0. The van der Waals surface area contributed by atoms with E-state index in [0.29, 0.717) is 62.8 Å². The number of likely N-dealkylation sites (tertiary alicyclic amines) is 2. The third kappa shape index (κ3) is 12.2. The minimum absolute atomic E-state index is 0.0192. The van der Waals surface area contributed by atoms with E-state index in [1.807, 2.05) is 91.0 Å². The number of fused-ring (bicyclic) bond motifs is 1. The third-order valence-electron chi connectivity index (χ3n) is 12.0. The zero-order chi connectivity index (χ0) is 44.0. The molecule has 13 nitrogen and oxygen atoms in total. The Hall–Kier alpha value is -6.34. The number of nitrogens with zero attached hydrogens (tertiary/aromatic N) is 3. The number of piperidine rings is 1. The van der Waals surface area contributed by atoms with E-state index in [1.165, 1.54) is 4.90 Å². The zero-order valence-corrected chi connectivity index (χ0v) is 35.6. The SMILES string of the molecule is NCCCC[C@H](CC(=O)[C@@H]1C[C@@H](OC(=O)N2CCCCC2)CN1C(=O)C(NC(=O)OCc1ccccc1)C(Cc1ccccc1)Cc1ccccc1)C(=O)c1nc2ccccc2o1. The number of aromatic nitrogens is 1. The standard InChI is InChI=1S/C50H57N5O8/c51-26-14-13-23-38(46(57)47-52-41-24-11-12-25-44(41)63-47)31-43(56)42-32-40(62-50(60)54-27-15-4-16-28-54)33-55(42)48(58)45(53-49(59)61-34-37-21-9-3-10-22-37)39(29-35-17-5-1-6-18-35)30-36-19-7-2-8-20-36/h1-3,5-12,17-22,24-25,38-40,42,45H,4,13-16,23,26-34,51H2,(H,53,59)/t38-,40-,42+,45?/m1/s1. The van der Waals surface area contributed by atoms with Crippen LogP contribution >= 0.6 is 0 Å². The molecule has 63 heavy (non-hydrogen) atoms. The first kappa shape index (κ1) is 44.7. The van der Waals surface area contributed by atoms with E-state index in [0.717, 1.165) is 36.0 Å². The molecule has 2 aliphatic rings. The van der Waals surface area contributed by atoms with Crippen LogP contribution in [0.3, 0.4) is 0 Å². The van der Waals surface area contributed by atoms with Gasteiger partial charge in [-0.2, -0.15) is 0 Å². The molecule has 2 saturated heterocycles. The quantitative estimate of drug-likeness (QED) is 0.0619. The van der Waals surface area contributed by atoms with E-state index in [9.17, 15) is 19.2 Å². The summed E-state index contributed by atoms with van der Waals surface area (Å²) in [5.41, 5.74) is 9.51. The van der Waals surface area contributed by atoms with Gasteiger partial charge in [-0.15, -0.1) is 0 Å². The Kier molecular flexibility index (Phi) is 15.7. The molecule has 3 N–H and O–H groups in total. The van der Waals surface area contributed by atoms with Crippen LogP contribution in [-0.2, 0) is 38.5 Å². The van der Waals surface area contributed by atoms with Gasteiger partial charge < -0.3 is 34.7 Å². The van der Waals surface area contributed by atoms with Crippen LogP contribution in [-0.4, -0.2) is 88.8 Å². The maximum Gasteiger partial charge on any atom is 0.410 e. The Morgan fingerprint density at radius 2 is 1.40 bits per heavy atom. The normalized spacial score (nSPS) is 17.3. The van der Waals surface area contributed by atoms with Crippen molar-refractivity contribution in [1.29, 1.82) is 0 Å². The number of ether oxygens (including phenoxy) is 2. The monoisotopic (exact) mass is 855 g/mol. The Bertz CT molecular complexity index is 2210. The number of Topliss-reactive ketones (excluding diaryl/α,β-unsaturated/α-hetero) is 2. The van der Waals surface area contributed by atoms with E-state index in [2.05, 4.69) is 10.3 Å². The molecule has 3 amide bonds. The molecule has 7 rings (SSSR count). The Labute approximate surface area is 368 Å². The highest BCUT2D eigenvalue weighted by atomic mass is 16.6. The van der Waals surface area contributed by atoms with E-state index >= 15 is 4.79 Å². The fraction of sp³-hybridized carbons (Fsp3) is 0.400. The van der Waals surface area contributed by atoms with Gasteiger partial charge in [0.15, 0.2) is 11.4 Å². The number of alkyl carbamates (subject to hydrolysis) is 1. The minimum atomic E-state index is -1.16. The number of benzene rings is 4. The molecule has 2 aliphatic heterocycles. The highest BCUT2D eigenvalue weighted by Crippen LogP contribution is 2.31. The van der Waals surface area contributed by atoms with Crippen molar-refractivity contribution in [2.75, 3.05) is 26.2 Å². The van der Waals surface area contributed by atoms with Gasteiger partial charge in [-0.25, -0.2) is 14.6 Å². The lowest BCUT2D eigenvalue weighted by Crippen LogP contribution is -2.55. The number of nitrogens with one attached hydrogen (secondary N) is 1. The van der Waals surface area contributed by atoms with Crippen molar-refractivity contribution < 1.29 is 37.9 Å². The summed E-state index contributed by atoms with van der Waals surface area (Å²) in [6.07, 6.45) is 2.88. The van der Waals surface area contributed by atoms with Gasteiger partial charge in [-0.05, 0) is 86.2 Å². The first-order valence-electron chi connectivity index (χ1n) is 22.2. The van der Waals surface area contributed by atoms with Crippen LogP contribution in [0.1, 0.15) is 78.7 Å². The van der Waals surface area contributed by atoms with E-state index in [4.69, 9.17) is 19.6 Å². The number of carbonyl (C=O) groups is 5. The number of oxazole rings is 1. The predicted octanol–water partition coefficient (Wildman–Crippen LogP) is 7.70. The molecular formula is C50H57N5O8. The molecule has 4 atom stereocenters. The van der Waals surface area contributed by atoms with Crippen LogP contribution in [0.15, 0.2) is 120 Å². The number of nitrogens with two attached hydrogens (primary N) is 1. The molecular weight excluding hydrogens is 799 g/mol. The smallest absolute Gasteiger partial charge is 0.410 e. The number of carbonyl (C=O) groups excluding carboxylic acids is 5. The Morgan fingerprint density at radius 3 is 2.03 bits per heavy atom. The van der Waals surface area contributed by atoms with Crippen LogP contribution in [0.2, 0.25) is 0 Å². The summed E-state index contributed by atoms with van der Waals surface area (Å²) < 4.78 is 17.6. The number of ketones is 2. The summed E-state index contributed by atoms with van der Waals surface area (Å²) >= 11 is 0. The first-order chi connectivity index (χ1) is 30.7. The van der Waals surface area contributed by atoms with Gasteiger partial charge in [-0.1, -0.05) is 110 Å². The van der Waals surface area contributed by atoms with E-state index in [-0.39, 0.29) is 37.7 Å². The molecule has 0 aliphatic carbocycles. The second-order valence-corrected chi connectivity index (χ2v) is 16.6. The second kappa shape index (κ2) is 22.1. The maximum absolute atomic E-state index is 15.4. The number of hydrogen-bond acceptors (Lipinski definition) is 10. The summed E-state index contributed by atoms with van der Waals surface area (Å²) in [5.74, 6) is -2.68. The van der Waals surface area contributed by atoms with Gasteiger partial charge in [0, 0.05) is 31.8 Å². The average molecular weight is 856 g/mol. The molecule has 1 aromatic heterocycles. The van der Waals surface area contributed by atoms with Gasteiger partial charge in [0.2, 0.25) is 11.7 Å². The number of amides is 3. The molecule has 4 aromatic carbocycles. The van der Waals surface area contributed by atoms with Crippen molar-refractivity contribution in [3.8, 4) is 0 Å².